The number of carbonyl (C=O) groups is 2. The van der Waals surface area contributed by atoms with Gasteiger partial charge >= 0.3 is 11.9 Å². The Kier molecular flexibility index (Phi) is 20.4. The normalized spacial score (nSPS) is 13.2. The molecule has 0 aliphatic rings. The number of hydrogen-bond donors (Lipinski definition) is 6. The average molecular weight is 481 g/mol. The molecule has 0 saturated carbocycles. The zero-order valence-corrected chi connectivity index (χ0v) is 20.4. The van der Waals surface area contributed by atoms with Gasteiger partial charge in [-0.2, -0.15) is 0 Å². The highest BCUT2D eigenvalue weighted by atomic mass is 16.4. The van der Waals surface area contributed by atoms with E-state index in [1.165, 1.54) is 0 Å². The molecule has 192 valence electrons. The van der Waals surface area contributed by atoms with Gasteiger partial charge in [-0.25, -0.2) is 9.59 Å². The molecule has 0 fully saturated rings. The van der Waals surface area contributed by atoms with Gasteiger partial charge in [0.15, 0.2) is 0 Å². The van der Waals surface area contributed by atoms with Crippen LogP contribution in [0.4, 0.5) is 0 Å². The summed E-state index contributed by atoms with van der Waals surface area (Å²) in [7, 11) is 0. The molecule has 0 amide bonds. The third-order valence-corrected chi connectivity index (χ3v) is 4.77. The SMILES string of the molecule is CCC(O)C(C)CO.CCC(O)C(C)CO.O=C(O)c1ccccc1.O=C(O)c1ccccc1. The van der Waals surface area contributed by atoms with E-state index >= 15 is 0 Å². The Morgan fingerprint density at radius 2 is 0.912 bits per heavy atom. The van der Waals surface area contributed by atoms with Crippen LogP contribution >= 0.6 is 0 Å². The van der Waals surface area contributed by atoms with Crippen molar-refractivity contribution in [2.75, 3.05) is 13.2 Å². The van der Waals surface area contributed by atoms with E-state index in [2.05, 4.69) is 0 Å². The minimum atomic E-state index is -0.879. The maximum absolute atomic E-state index is 10.2. The Balaban J connectivity index is 0. The monoisotopic (exact) mass is 480 g/mol. The molecule has 0 heterocycles. The van der Waals surface area contributed by atoms with Crippen molar-refractivity contribution in [1.29, 1.82) is 0 Å². The highest BCUT2D eigenvalue weighted by Gasteiger charge is 2.09. The Bertz CT molecular complexity index is 670. The average Bonchev–Trinajstić information content (AvgIpc) is 2.88. The molecule has 0 radical (unpaired) electrons. The maximum Gasteiger partial charge on any atom is 0.335 e. The van der Waals surface area contributed by atoms with Gasteiger partial charge < -0.3 is 30.6 Å². The van der Waals surface area contributed by atoms with Crippen molar-refractivity contribution < 1.29 is 40.2 Å². The molecule has 0 aromatic heterocycles. The van der Waals surface area contributed by atoms with Gasteiger partial charge in [-0.05, 0) is 37.1 Å². The molecule has 8 nitrogen and oxygen atoms in total. The molecule has 34 heavy (non-hydrogen) atoms. The van der Waals surface area contributed by atoms with Crippen LogP contribution in [0.2, 0.25) is 0 Å². The number of carboxylic acid groups (broad SMARTS) is 2. The van der Waals surface area contributed by atoms with E-state index in [1.807, 2.05) is 27.7 Å². The Labute approximate surface area is 202 Å². The Hall–Kier alpha value is -2.78. The largest absolute Gasteiger partial charge is 0.478 e. The van der Waals surface area contributed by atoms with Crippen LogP contribution in [0.1, 0.15) is 61.3 Å². The second-order valence-corrected chi connectivity index (χ2v) is 7.61. The van der Waals surface area contributed by atoms with Crippen LogP contribution in [0.3, 0.4) is 0 Å². The van der Waals surface area contributed by atoms with Crippen LogP contribution in [0.25, 0.3) is 0 Å². The number of carboxylic acids is 2. The quantitative estimate of drug-likeness (QED) is 0.335. The summed E-state index contributed by atoms with van der Waals surface area (Å²) in [6.45, 7) is 7.61. The molecule has 0 aliphatic heterocycles. The molecule has 0 saturated heterocycles. The molecule has 2 rings (SSSR count). The van der Waals surface area contributed by atoms with E-state index in [0.29, 0.717) is 11.1 Å². The highest BCUT2D eigenvalue weighted by molar-refractivity contribution is 5.87. The molecule has 6 N–H and O–H groups in total. The number of aliphatic hydroxyl groups is 4. The van der Waals surface area contributed by atoms with Crippen LogP contribution < -0.4 is 0 Å². The first-order valence-electron chi connectivity index (χ1n) is 11.2. The molecule has 0 spiro atoms. The van der Waals surface area contributed by atoms with E-state index in [4.69, 9.17) is 30.6 Å². The van der Waals surface area contributed by atoms with Crippen LogP contribution in [0.15, 0.2) is 60.7 Å². The third kappa shape index (κ3) is 16.8. The van der Waals surface area contributed by atoms with Gasteiger partial charge in [0, 0.05) is 25.0 Å². The van der Waals surface area contributed by atoms with E-state index in [0.717, 1.165) is 12.8 Å². The Morgan fingerprint density at radius 1 is 0.647 bits per heavy atom. The third-order valence-electron chi connectivity index (χ3n) is 4.77. The molecule has 4 unspecified atom stereocenters. The van der Waals surface area contributed by atoms with Crippen molar-refractivity contribution in [3.8, 4) is 0 Å². The summed E-state index contributed by atoms with van der Waals surface area (Å²) in [5.41, 5.74) is 0.662. The number of hydrogen-bond acceptors (Lipinski definition) is 6. The second kappa shape index (κ2) is 20.8. The molecule has 0 bridgehead atoms. The van der Waals surface area contributed by atoms with Crippen molar-refractivity contribution in [2.24, 2.45) is 11.8 Å². The second-order valence-electron chi connectivity index (χ2n) is 7.61. The summed E-state index contributed by atoms with van der Waals surface area (Å²) in [6, 6.07) is 16.6. The van der Waals surface area contributed by atoms with E-state index in [-0.39, 0.29) is 37.3 Å². The molecule has 0 aliphatic carbocycles. The van der Waals surface area contributed by atoms with Crippen LogP contribution in [0, 0.1) is 11.8 Å². The maximum atomic E-state index is 10.2. The van der Waals surface area contributed by atoms with Gasteiger partial charge in [0.1, 0.15) is 0 Å². The van der Waals surface area contributed by atoms with Crippen molar-refractivity contribution in [1.82, 2.24) is 0 Å². The number of rotatable bonds is 8. The first-order chi connectivity index (χ1) is 16.0. The Morgan fingerprint density at radius 3 is 1.03 bits per heavy atom. The van der Waals surface area contributed by atoms with Gasteiger partial charge in [0.2, 0.25) is 0 Å². The summed E-state index contributed by atoms with van der Waals surface area (Å²) in [5, 5.41) is 51.7. The van der Waals surface area contributed by atoms with Gasteiger partial charge in [-0.15, -0.1) is 0 Å². The van der Waals surface area contributed by atoms with Gasteiger partial charge in [-0.1, -0.05) is 64.1 Å². The predicted octanol–water partition coefficient (Wildman–Crippen LogP) is 3.54. The minimum Gasteiger partial charge on any atom is -0.478 e. The fourth-order valence-corrected chi connectivity index (χ4v) is 2.21. The summed E-state index contributed by atoms with van der Waals surface area (Å²) in [5.74, 6) is -1.70. The zero-order valence-electron chi connectivity index (χ0n) is 20.4. The lowest BCUT2D eigenvalue weighted by Crippen LogP contribution is -2.19. The zero-order chi connectivity index (χ0) is 26.5. The van der Waals surface area contributed by atoms with Crippen LogP contribution in [0.5, 0.6) is 0 Å². The van der Waals surface area contributed by atoms with Gasteiger partial charge in [0.25, 0.3) is 0 Å². The minimum absolute atomic E-state index is 0.0278. The molecule has 4 atom stereocenters. The van der Waals surface area contributed by atoms with Gasteiger partial charge in [0.05, 0.1) is 23.3 Å². The summed E-state index contributed by atoms with van der Waals surface area (Å²) < 4.78 is 0. The lowest BCUT2D eigenvalue weighted by molar-refractivity contribution is 0.0686. The van der Waals surface area contributed by atoms with E-state index in [1.54, 1.807) is 60.7 Å². The van der Waals surface area contributed by atoms with Crippen molar-refractivity contribution >= 4 is 11.9 Å². The first kappa shape index (κ1) is 33.4. The summed E-state index contributed by atoms with van der Waals surface area (Å²) in [4.78, 5) is 20.4. The molecule has 2 aromatic carbocycles. The first-order valence-corrected chi connectivity index (χ1v) is 11.2. The lowest BCUT2D eigenvalue weighted by Gasteiger charge is -2.12. The van der Waals surface area contributed by atoms with Crippen LogP contribution in [-0.2, 0) is 0 Å². The predicted molar refractivity (Wildman–Crippen MR) is 132 cm³/mol. The van der Waals surface area contributed by atoms with Crippen molar-refractivity contribution in [3.05, 3.63) is 71.8 Å². The fourth-order valence-electron chi connectivity index (χ4n) is 2.21. The van der Waals surface area contributed by atoms with E-state index in [9.17, 15) is 9.59 Å². The highest BCUT2D eigenvalue weighted by Crippen LogP contribution is 2.04. The molecule has 8 heteroatoms. The lowest BCUT2D eigenvalue weighted by atomic mass is 10.0. The standard InChI is InChI=1S/2C7H6O2.2C6H14O2/c2*8-7(9)6-4-2-1-3-5-6;2*1-3-6(8)5(2)4-7/h2*1-5H,(H,8,9);2*5-8H,3-4H2,1-2H3. The summed E-state index contributed by atoms with van der Waals surface area (Å²) >= 11 is 0. The number of aromatic carboxylic acids is 2. The van der Waals surface area contributed by atoms with E-state index < -0.39 is 11.9 Å². The van der Waals surface area contributed by atoms with Gasteiger partial charge in [-0.3, -0.25) is 0 Å². The van der Waals surface area contributed by atoms with Crippen molar-refractivity contribution in [3.63, 3.8) is 0 Å². The van der Waals surface area contributed by atoms with Crippen LogP contribution in [-0.4, -0.2) is 68.0 Å². The molecule has 2 aromatic rings. The molecular formula is C26H40O8. The molecular weight excluding hydrogens is 440 g/mol. The number of benzene rings is 2. The van der Waals surface area contributed by atoms with Crippen molar-refractivity contribution in [2.45, 2.75) is 52.7 Å². The topological polar surface area (TPSA) is 156 Å². The fraction of sp³-hybridized carbons (Fsp3) is 0.462. The number of aliphatic hydroxyl groups excluding tert-OH is 4. The summed E-state index contributed by atoms with van der Waals surface area (Å²) in [6.07, 6.45) is 0.781. The smallest absolute Gasteiger partial charge is 0.335 e.